The SMILES string of the molecule is O=C(O)NC1(c2ccc(CO)cc2)CCOC1. The number of ether oxygens (including phenoxy) is 1. The van der Waals surface area contributed by atoms with Gasteiger partial charge in [-0.25, -0.2) is 4.79 Å². The summed E-state index contributed by atoms with van der Waals surface area (Å²) >= 11 is 0. The lowest BCUT2D eigenvalue weighted by Gasteiger charge is -2.27. The van der Waals surface area contributed by atoms with Crippen LogP contribution in [-0.2, 0) is 16.9 Å². The molecule has 5 heteroatoms. The van der Waals surface area contributed by atoms with E-state index in [4.69, 9.17) is 14.9 Å². The molecule has 1 fully saturated rings. The molecule has 1 unspecified atom stereocenters. The molecule has 92 valence electrons. The number of aliphatic hydroxyl groups is 1. The summed E-state index contributed by atoms with van der Waals surface area (Å²) < 4.78 is 5.30. The first-order chi connectivity index (χ1) is 8.16. The number of carboxylic acid groups (broad SMARTS) is 1. The van der Waals surface area contributed by atoms with Crippen LogP contribution >= 0.6 is 0 Å². The van der Waals surface area contributed by atoms with Crippen molar-refractivity contribution in [3.63, 3.8) is 0 Å². The first-order valence-corrected chi connectivity index (χ1v) is 5.45. The monoisotopic (exact) mass is 237 g/mol. The minimum Gasteiger partial charge on any atom is -0.465 e. The second-order valence-corrected chi connectivity index (χ2v) is 4.17. The molecule has 0 aromatic heterocycles. The Bertz CT molecular complexity index is 395. The highest BCUT2D eigenvalue weighted by Gasteiger charge is 2.38. The summed E-state index contributed by atoms with van der Waals surface area (Å²) in [7, 11) is 0. The van der Waals surface area contributed by atoms with Crippen LogP contribution in [0.25, 0.3) is 0 Å². The molecule has 1 saturated heterocycles. The Labute approximate surface area is 99.0 Å². The summed E-state index contributed by atoms with van der Waals surface area (Å²) in [5.41, 5.74) is 1.02. The van der Waals surface area contributed by atoms with E-state index >= 15 is 0 Å². The highest BCUT2D eigenvalue weighted by Crippen LogP contribution is 2.30. The molecule has 1 aromatic rings. The van der Waals surface area contributed by atoms with Crippen LogP contribution in [0, 0.1) is 0 Å². The molecule has 0 spiro atoms. The predicted octanol–water partition coefficient (Wildman–Crippen LogP) is 1.06. The van der Waals surface area contributed by atoms with E-state index in [-0.39, 0.29) is 6.61 Å². The molecule has 1 heterocycles. The van der Waals surface area contributed by atoms with E-state index in [1.165, 1.54) is 0 Å². The van der Waals surface area contributed by atoms with Crippen molar-refractivity contribution in [3.8, 4) is 0 Å². The van der Waals surface area contributed by atoms with Crippen LogP contribution in [0.2, 0.25) is 0 Å². The minimum atomic E-state index is -1.05. The van der Waals surface area contributed by atoms with Gasteiger partial charge in [-0.1, -0.05) is 24.3 Å². The van der Waals surface area contributed by atoms with Crippen molar-refractivity contribution in [1.82, 2.24) is 5.32 Å². The molecular formula is C12H15NO4. The normalized spacial score (nSPS) is 23.6. The van der Waals surface area contributed by atoms with Gasteiger partial charge < -0.3 is 20.3 Å². The number of rotatable bonds is 3. The summed E-state index contributed by atoms with van der Waals surface area (Å²) in [5, 5.41) is 20.4. The summed E-state index contributed by atoms with van der Waals surface area (Å²) in [6, 6.07) is 7.24. The molecule has 1 aliphatic rings. The molecular weight excluding hydrogens is 222 g/mol. The van der Waals surface area contributed by atoms with Gasteiger partial charge in [0.25, 0.3) is 0 Å². The predicted molar refractivity (Wildman–Crippen MR) is 60.6 cm³/mol. The van der Waals surface area contributed by atoms with Crippen molar-refractivity contribution < 1.29 is 19.7 Å². The third-order valence-corrected chi connectivity index (χ3v) is 3.06. The smallest absolute Gasteiger partial charge is 0.405 e. The first kappa shape index (κ1) is 11.9. The highest BCUT2D eigenvalue weighted by atomic mass is 16.5. The third kappa shape index (κ3) is 2.40. The molecule has 0 aliphatic carbocycles. The van der Waals surface area contributed by atoms with Crippen LogP contribution in [0.15, 0.2) is 24.3 Å². The van der Waals surface area contributed by atoms with Gasteiger partial charge in [-0.3, -0.25) is 0 Å². The van der Waals surface area contributed by atoms with Gasteiger partial charge in [-0.15, -0.1) is 0 Å². The van der Waals surface area contributed by atoms with E-state index in [9.17, 15) is 4.79 Å². The lowest BCUT2D eigenvalue weighted by Crippen LogP contribution is -2.45. The maximum absolute atomic E-state index is 10.9. The zero-order chi connectivity index (χ0) is 12.3. The van der Waals surface area contributed by atoms with Crippen molar-refractivity contribution in [2.75, 3.05) is 13.2 Å². The average Bonchev–Trinajstić information content (AvgIpc) is 2.78. The maximum atomic E-state index is 10.9. The van der Waals surface area contributed by atoms with Crippen molar-refractivity contribution in [1.29, 1.82) is 0 Å². The van der Waals surface area contributed by atoms with Crippen LogP contribution in [-0.4, -0.2) is 29.5 Å². The zero-order valence-electron chi connectivity index (χ0n) is 9.35. The Morgan fingerprint density at radius 1 is 1.41 bits per heavy atom. The van der Waals surface area contributed by atoms with E-state index in [1.807, 2.05) is 12.1 Å². The number of benzene rings is 1. The number of aliphatic hydroxyl groups excluding tert-OH is 1. The molecule has 0 saturated carbocycles. The number of nitrogens with one attached hydrogen (secondary N) is 1. The second-order valence-electron chi connectivity index (χ2n) is 4.17. The summed E-state index contributed by atoms with van der Waals surface area (Å²) in [6.07, 6.45) is -0.431. The van der Waals surface area contributed by atoms with Crippen LogP contribution in [0.4, 0.5) is 4.79 Å². The van der Waals surface area contributed by atoms with E-state index in [0.717, 1.165) is 11.1 Å². The second kappa shape index (κ2) is 4.73. The van der Waals surface area contributed by atoms with Crippen LogP contribution in [0.5, 0.6) is 0 Å². The van der Waals surface area contributed by atoms with E-state index < -0.39 is 11.6 Å². The molecule has 1 atom stereocenters. The maximum Gasteiger partial charge on any atom is 0.405 e. The van der Waals surface area contributed by atoms with Crippen molar-refractivity contribution in [3.05, 3.63) is 35.4 Å². The quantitative estimate of drug-likeness (QED) is 0.734. The van der Waals surface area contributed by atoms with Gasteiger partial charge >= 0.3 is 6.09 Å². The van der Waals surface area contributed by atoms with Crippen LogP contribution in [0.3, 0.4) is 0 Å². The number of amides is 1. The van der Waals surface area contributed by atoms with Gasteiger partial charge in [0.2, 0.25) is 0 Å². The van der Waals surface area contributed by atoms with Gasteiger partial charge in [-0.05, 0) is 11.1 Å². The molecule has 1 amide bonds. The van der Waals surface area contributed by atoms with E-state index in [1.54, 1.807) is 12.1 Å². The highest BCUT2D eigenvalue weighted by molar-refractivity contribution is 5.66. The standard InChI is InChI=1S/C12H15NO4/c14-7-9-1-3-10(4-2-9)12(13-11(15)16)5-6-17-8-12/h1-4,13-14H,5-8H2,(H,15,16). The lowest BCUT2D eigenvalue weighted by atomic mass is 9.89. The van der Waals surface area contributed by atoms with E-state index in [0.29, 0.717) is 19.6 Å². The fourth-order valence-corrected chi connectivity index (χ4v) is 2.10. The Kier molecular flexibility index (Phi) is 3.31. The number of hydrogen-bond acceptors (Lipinski definition) is 3. The van der Waals surface area contributed by atoms with Crippen molar-refractivity contribution >= 4 is 6.09 Å². The van der Waals surface area contributed by atoms with Gasteiger partial charge in [0.1, 0.15) is 0 Å². The van der Waals surface area contributed by atoms with Gasteiger partial charge in [-0.2, -0.15) is 0 Å². The Morgan fingerprint density at radius 3 is 2.59 bits per heavy atom. The molecule has 1 aliphatic heterocycles. The van der Waals surface area contributed by atoms with Crippen molar-refractivity contribution in [2.24, 2.45) is 0 Å². The van der Waals surface area contributed by atoms with Crippen LogP contribution in [0.1, 0.15) is 17.5 Å². The topological polar surface area (TPSA) is 78.8 Å². The molecule has 0 radical (unpaired) electrons. The van der Waals surface area contributed by atoms with E-state index in [2.05, 4.69) is 5.32 Å². The van der Waals surface area contributed by atoms with Gasteiger partial charge in [0, 0.05) is 13.0 Å². The fraction of sp³-hybridized carbons (Fsp3) is 0.417. The Hall–Kier alpha value is -1.59. The molecule has 3 N–H and O–H groups in total. The number of carbonyl (C=O) groups is 1. The lowest BCUT2D eigenvalue weighted by molar-refractivity contribution is 0.150. The fourth-order valence-electron chi connectivity index (χ4n) is 2.10. The Morgan fingerprint density at radius 2 is 2.12 bits per heavy atom. The van der Waals surface area contributed by atoms with Gasteiger partial charge in [0.15, 0.2) is 0 Å². The zero-order valence-corrected chi connectivity index (χ0v) is 9.35. The average molecular weight is 237 g/mol. The molecule has 1 aromatic carbocycles. The molecule has 2 rings (SSSR count). The molecule has 0 bridgehead atoms. The first-order valence-electron chi connectivity index (χ1n) is 5.45. The number of hydrogen-bond donors (Lipinski definition) is 3. The molecule has 17 heavy (non-hydrogen) atoms. The largest absolute Gasteiger partial charge is 0.465 e. The summed E-state index contributed by atoms with van der Waals surface area (Å²) in [4.78, 5) is 10.9. The molecule has 5 nitrogen and oxygen atoms in total. The minimum absolute atomic E-state index is 0.0177. The van der Waals surface area contributed by atoms with Gasteiger partial charge in [0.05, 0.1) is 18.8 Å². The summed E-state index contributed by atoms with van der Waals surface area (Å²) in [6.45, 7) is 0.871. The Balaban J connectivity index is 2.28. The van der Waals surface area contributed by atoms with Crippen LogP contribution < -0.4 is 5.32 Å². The summed E-state index contributed by atoms with van der Waals surface area (Å²) in [5.74, 6) is 0. The third-order valence-electron chi connectivity index (χ3n) is 3.06. The van der Waals surface area contributed by atoms with Crippen molar-refractivity contribution in [2.45, 2.75) is 18.6 Å².